The quantitative estimate of drug-likeness (QED) is 0.622. The van der Waals surface area contributed by atoms with E-state index < -0.39 is 0 Å². The molecule has 1 N–H and O–H groups in total. The highest BCUT2D eigenvalue weighted by atomic mass is 16.5. The molecule has 0 radical (unpaired) electrons. The van der Waals surface area contributed by atoms with Gasteiger partial charge in [-0.15, -0.1) is 0 Å². The number of likely N-dealkylation sites (N-methyl/N-ethyl adjacent to an activating group) is 1. The Bertz CT molecular complexity index is 102. The van der Waals surface area contributed by atoms with Gasteiger partial charge in [0.2, 0.25) is 0 Å². The minimum absolute atomic E-state index is 0.642. The maximum absolute atomic E-state index is 5.27. The number of hydrogen-bond donors (Lipinski definition) is 1. The van der Waals surface area contributed by atoms with E-state index in [1.165, 1.54) is 0 Å². The Morgan fingerprint density at radius 3 is 2.64 bits per heavy atom. The van der Waals surface area contributed by atoms with Crippen LogP contribution in [0.1, 0.15) is 6.92 Å². The highest BCUT2D eigenvalue weighted by Gasteiger charge is 2.15. The van der Waals surface area contributed by atoms with Crippen molar-refractivity contribution < 1.29 is 4.74 Å². The van der Waals surface area contributed by atoms with Gasteiger partial charge in [-0.3, -0.25) is 4.90 Å². The molecule has 0 bridgehead atoms. The Labute approximate surface area is 68.7 Å². The molecule has 3 nitrogen and oxygen atoms in total. The Kier molecular flexibility index (Phi) is 3.83. The minimum atomic E-state index is 0.642. The zero-order valence-corrected chi connectivity index (χ0v) is 7.47. The second kappa shape index (κ2) is 4.70. The maximum Gasteiger partial charge on any atom is 0.0594 e. The molecule has 0 aromatic rings. The molecule has 0 saturated carbocycles. The fourth-order valence-electron chi connectivity index (χ4n) is 1.44. The van der Waals surface area contributed by atoms with Gasteiger partial charge < -0.3 is 10.1 Å². The fraction of sp³-hybridized carbons (Fsp3) is 1.00. The van der Waals surface area contributed by atoms with E-state index in [2.05, 4.69) is 17.1 Å². The predicted octanol–water partition coefficient (Wildman–Crippen LogP) is -0.0735. The summed E-state index contributed by atoms with van der Waals surface area (Å²) in [6.07, 6.45) is 0. The van der Waals surface area contributed by atoms with Gasteiger partial charge in [-0.1, -0.05) is 0 Å². The molecular weight excluding hydrogens is 140 g/mol. The third kappa shape index (κ3) is 2.77. The van der Waals surface area contributed by atoms with Crippen molar-refractivity contribution in [3.63, 3.8) is 0 Å². The lowest BCUT2D eigenvalue weighted by atomic mass is 10.2. The summed E-state index contributed by atoms with van der Waals surface area (Å²) in [5, 5.41) is 3.18. The van der Waals surface area contributed by atoms with E-state index in [4.69, 9.17) is 4.74 Å². The van der Waals surface area contributed by atoms with Crippen molar-refractivity contribution in [1.29, 1.82) is 0 Å². The lowest BCUT2D eigenvalue weighted by molar-refractivity contribution is 0.0207. The molecule has 0 aromatic carbocycles. The van der Waals surface area contributed by atoms with Gasteiger partial charge in [0.05, 0.1) is 13.2 Å². The van der Waals surface area contributed by atoms with Gasteiger partial charge in [-0.2, -0.15) is 0 Å². The van der Waals surface area contributed by atoms with Crippen LogP contribution < -0.4 is 5.32 Å². The monoisotopic (exact) mass is 158 g/mol. The summed E-state index contributed by atoms with van der Waals surface area (Å²) in [5.41, 5.74) is 0. The molecule has 1 aliphatic rings. The SMILES string of the molecule is CNCC(C)N1CCOCC1. The predicted molar refractivity (Wildman–Crippen MR) is 45.8 cm³/mol. The Morgan fingerprint density at radius 1 is 1.45 bits per heavy atom. The first kappa shape index (κ1) is 8.97. The summed E-state index contributed by atoms with van der Waals surface area (Å²) in [6, 6.07) is 0.642. The van der Waals surface area contributed by atoms with Crippen LogP contribution in [0.5, 0.6) is 0 Å². The Hall–Kier alpha value is -0.120. The maximum atomic E-state index is 5.27. The van der Waals surface area contributed by atoms with Crippen LogP contribution in [0.4, 0.5) is 0 Å². The third-order valence-electron chi connectivity index (χ3n) is 2.17. The van der Waals surface area contributed by atoms with Crippen LogP contribution in [0.2, 0.25) is 0 Å². The number of nitrogens with one attached hydrogen (secondary N) is 1. The minimum Gasteiger partial charge on any atom is -0.379 e. The first-order valence-corrected chi connectivity index (χ1v) is 4.31. The van der Waals surface area contributed by atoms with Gasteiger partial charge in [-0.25, -0.2) is 0 Å². The molecule has 1 heterocycles. The Balaban J connectivity index is 2.21. The van der Waals surface area contributed by atoms with E-state index in [0.717, 1.165) is 32.8 Å². The van der Waals surface area contributed by atoms with Crippen LogP contribution in [-0.4, -0.2) is 50.8 Å². The van der Waals surface area contributed by atoms with Crippen molar-refractivity contribution in [2.24, 2.45) is 0 Å². The molecule has 0 amide bonds. The van der Waals surface area contributed by atoms with Gasteiger partial charge in [0.15, 0.2) is 0 Å². The van der Waals surface area contributed by atoms with Gasteiger partial charge in [-0.05, 0) is 14.0 Å². The average molecular weight is 158 g/mol. The largest absolute Gasteiger partial charge is 0.379 e. The molecule has 1 rings (SSSR count). The van der Waals surface area contributed by atoms with Crippen molar-refractivity contribution in [2.75, 3.05) is 39.9 Å². The molecular formula is C8H18N2O. The van der Waals surface area contributed by atoms with Crippen molar-refractivity contribution in [3.8, 4) is 0 Å². The summed E-state index contributed by atoms with van der Waals surface area (Å²) in [7, 11) is 2.00. The smallest absolute Gasteiger partial charge is 0.0594 e. The lowest BCUT2D eigenvalue weighted by Crippen LogP contribution is -2.45. The highest BCUT2D eigenvalue weighted by Crippen LogP contribution is 2.01. The van der Waals surface area contributed by atoms with E-state index in [0.29, 0.717) is 6.04 Å². The standard InChI is InChI=1S/C8H18N2O/c1-8(7-9-2)10-3-5-11-6-4-10/h8-9H,3-7H2,1-2H3. The van der Waals surface area contributed by atoms with E-state index in [-0.39, 0.29) is 0 Å². The average Bonchev–Trinajstić information content (AvgIpc) is 2.07. The molecule has 11 heavy (non-hydrogen) atoms. The second-order valence-electron chi connectivity index (χ2n) is 3.06. The topological polar surface area (TPSA) is 24.5 Å². The summed E-state index contributed by atoms with van der Waals surface area (Å²) < 4.78 is 5.27. The molecule has 0 spiro atoms. The molecule has 1 saturated heterocycles. The van der Waals surface area contributed by atoms with Crippen molar-refractivity contribution in [2.45, 2.75) is 13.0 Å². The summed E-state index contributed by atoms with van der Waals surface area (Å²) in [6.45, 7) is 7.29. The van der Waals surface area contributed by atoms with Gasteiger partial charge in [0.1, 0.15) is 0 Å². The molecule has 66 valence electrons. The van der Waals surface area contributed by atoms with Crippen LogP contribution in [0.3, 0.4) is 0 Å². The number of nitrogens with zero attached hydrogens (tertiary/aromatic N) is 1. The van der Waals surface area contributed by atoms with E-state index >= 15 is 0 Å². The summed E-state index contributed by atoms with van der Waals surface area (Å²) in [5.74, 6) is 0. The van der Waals surface area contributed by atoms with Crippen LogP contribution in [0.15, 0.2) is 0 Å². The zero-order valence-electron chi connectivity index (χ0n) is 7.47. The van der Waals surface area contributed by atoms with Gasteiger partial charge in [0, 0.05) is 25.7 Å². The molecule has 1 aliphatic heterocycles. The first-order valence-electron chi connectivity index (χ1n) is 4.31. The summed E-state index contributed by atoms with van der Waals surface area (Å²) in [4.78, 5) is 2.46. The zero-order chi connectivity index (χ0) is 8.10. The molecule has 0 aromatic heterocycles. The normalized spacial score (nSPS) is 23.5. The molecule has 1 unspecified atom stereocenters. The van der Waals surface area contributed by atoms with Gasteiger partial charge >= 0.3 is 0 Å². The molecule has 0 aliphatic carbocycles. The molecule has 1 fully saturated rings. The number of morpholine rings is 1. The third-order valence-corrected chi connectivity index (χ3v) is 2.17. The Morgan fingerprint density at radius 2 is 2.09 bits per heavy atom. The molecule has 1 atom stereocenters. The number of rotatable bonds is 3. The first-order chi connectivity index (χ1) is 5.34. The lowest BCUT2D eigenvalue weighted by Gasteiger charge is -2.32. The van der Waals surface area contributed by atoms with Gasteiger partial charge in [0.25, 0.3) is 0 Å². The van der Waals surface area contributed by atoms with E-state index in [9.17, 15) is 0 Å². The summed E-state index contributed by atoms with van der Waals surface area (Å²) >= 11 is 0. The van der Waals surface area contributed by atoms with E-state index in [1.807, 2.05) is 7.05 Å². The van der Waals surface area contributed by atoms with Crippen LogP contribution >= 0.6 is 0 Å². The molecule has 3 heteroatoms. The van der Waals surface area contributed by atoms with Crippen molar-refractivity contribution >= 4 is 0 Å². The van der Waals surface area contributed by atoms with Crippen LogP contribution in [0.25, 0.3) is 0 Å². The number of ether oxygens (including phenoxy) is 1. The van der Waals surface area contributed by atoms with Crippen LogP contribution in [0, 0.1) is 0 Å². The second-order valence-corrected chi connectivity index (χ2v) is 3.06. The van der Waals surface area contributed by atoms with Crippen molar-refractivity contribution in [1.82, 2.24) is 10.2 Å². The number of hydrogen-bond acceptors (Lipinski definition) is 3. The highest BCUT2D eigenvalue weighted by molar-refractivity contribution is 4.70. The van der Waals surface area contributed by atoms with Crippen molar-refractivity contribution in [3.05, 3.63) is 0 Å². The fourth-order valence-corrected chi connectivity index (χ4v) is 1.44. The van der Waals surface area contributed by atoms with E-state index in [1.54, 1.807) is 0 Å². The van der Waals surface area contributed by atoms with Crippen LogP contribution in [-0.2, 0) is 4.74 Å².